The molecule has 1 saturated heterocycles. The summed E-state index contributed by atoms with van der Waals surface area (Å²) < 4.78 is 14.0. The summed E-state index contributed by atoms with van der Waals surface area (Å²) in [6, 6.07) is 3.91. The van der Waals surface area contributed by atoms with E-state index in [1.165, 1.54) is 18.5 Å². The second-order valence-electron chi connectivity index (χ2n) is 5.01. The van der Waals surface area contributed by atoms with Gasteiger partial charge in [-0.15, -0.1) is 0 Å². The first-order chi connectivity index (χ1) is 10.2. The highest BCUT2D eigenvalue weighted by Crippen LogP contribution is 2.30. The van der Waals surface area contributed by atoms with E-state index in [4.69, 9.17) is 11.6 Å². The van der Waals surface area contributed by atoms with Gasteiger partial charge in [0.15, 0.2) is 0 Å². The predicted molar refractivity (Wildman–Crippen MR) is 75.4 cm³/mol. The molecule has 1 atom stereocenters. The largest absolute Gasteiger partial charge is 0.328 e. The van der Waals surface area contributed by atoms with Gasteiger partial charge in [-0.05, 0) is 37.5 Å². The van der Waals surface area contributed by atoms with Gasteiger partial charge in [0.2, 0.25) is 0 Å². The molecule has 0 radical (unpaired) electrons. The number of carbonyl (C=O) groups excluding carboxylic acids is 1. The maximum atomic E-state index is 14.0. The molecule has 5 nitrogen and oxygen atoms in total. The van der Waals surface area contributed by atoms with Crippen LogP contribution >= 0.6 is 11.6 Å². The van der Waals surface area contributed by atoms with Crippen molar-refractivity contribution in [1.29, 1.82) is 0 Å². The molecule has 1 N–H and O–H groups in total. The minimum absolute atomic E-state index is 0.0332. The van der Waals surface area contributed by atoms with Gasteiger partial charge in [0.25, 0.3) is 5.91 Å². The molecule has 3 rings (SSSR count). The van der Waals surface area contributed by atoms with Crippen molar-refractivity contribution in [3.05, 3.63) is 46.8 Å². The molecule has 2 aromatic rings. The van der Waals surface area contributed by atoms with Crippen LogP contribution in [0, 0.1) is 5.82 Å². The Labute approximate surface area is 126 Å². The van der Waals surface area contributed by atoms with Crippen LogP contribution in [0.5, 0.6) is 0 Å². The Hall–Kier alpha value is -1.95. The van der Waals surface area contributed by atoms with E-state index in [1.54, 1.807) is 4.90 Å². The number of H-pyrrole nitrogens is 1. The summed E-state index contributed by atoms with van der Waals surface area (Å²) in [7, 11) is 0. The number of halogens is 2. The molecule has 2 heterocycles. The summed E-state index contributed by atoms with van der Waals surface area (Å²) in [5.41, 5.74) is 0.0332. The molecular weight excluding hydrogens is 295 g/mol. The van der Waals surface area contributed by atoms with Crippen LogP contribution in [0.15, 0.2) is 24.5 Å². The van der Waals surface area contributed by atoms with Gasteiger partial charge in [0.1, 0.15) is 18.0 Å². The topological polar surface area (TPSA) is 61.9 Å². The number of carbonyl (C=O) groups is 1. The SMILES string of the molecule is O=C(c1ccc(Cl)cc1F)N1CCCC[C@H]1c1ncn[nH]1. The number of amides is 1. The van der Waals surface area contributed by atoms with Gasteiger partial charge in [-0.3, -0.25) is 9.89 Å². The molecule has 0 aliphatic carbocycles. The molecule has 0 unspecified atom stereocenters. The number of piperidine rings is 1. The summed E-state index contributed by atoms with van der Waals surface area (Å²) >= 11 is 5.73. The Bertz CT molecular complexity index is 646. The summed E-state index contributed by atoms with van der Waals surface area (Å²) in [5, 5.41) is 6.90. The second kappa shape index (κ2) is 5.81. The van der Waals surface area contributed by atoms with Crippen molar-refractivity contribution in [2.24, 2.45) is 0 Å². The molecule has 1 fully saturated rings. The van der Waals surface area contributed by atoms with Gasteiger partial charge in [0, 0.05) is 11.6 Å². The highest BCUT2D eigenvalue weighted by molar-refractivity contribution is 6.30. The molecule has 21 heavy (non-hydrogen) atoms. The second-order valence-corrected chi connectivity index (χ2v) is 5.44. The number of hydrogen-bond donors (Lipinski definition) is 1. The number of aromatic amines is 1. The van der Waals surface area contributed by atoms with Gasteiger partial charge < -0.3 is 4.90 Å². The fourth-order valence-corrected chi connectivity index (χ4v) is 2.81. The zero-order valence-electron chi connectivity index (χ0n) is 11.2. The van der Waals surface area contributed by atoms with Crippen LogP contribution in [0.3, 0.4) is 0 Å². The molecule has 1 amide bonds. The highest BCUT2D eigenvalue weighted by Gasteiger charge is 2.31. The number of hydrogen-bond acceptors (Lipinski definition) is 3. The third-order valence-electron chi connectivity index (χ3n) is 3.67. The maximum absolute atomic E-state index is 14.0. The van der Waals surface area contributed by atoms with Crippen molar-refractivity contribution in [2.75, 3.05) is 6.54 Å². The molecule has 1 aliphatic rings. The van der Waals surface area contributed by atoms with Crippen LogP contribution in [0.4, 0.5) is 4.39 Å². The zero-order valence-corrected chi connectivity index (χ0v) is 12.0. The lowest BCUT2D eigenvalue weighted by Crippen LogP contribution is -2.39. The van der Waals surface area contributed by atoms with E-state index >= 15 is 0 Å². The van der Waals surface area contributed by atoms with Gasteiger partial charge >= 0.3 is 0 Å². The van der Waals surface area contributed by atoms with Crippen molar-refractivity contribution in [1.82, 2.24) is 20.1 Å². The molecule has 1 aromatic heterocycles. The quantitative estimate of drug-likeness (QED) is 0.927. The van der Waals surface area contributed by atoms with E-state index < -0.39 is 5.82 Å². The number of nitrogens with zero attached hydrogens (tertiary/aromatic N) is 3. The molecule has 0 saturated carbocycles. The van der Waals surface area contributed by atoms with Crippen molar-refractivity contribution < 1.29 is 9.18 Å². The molecule has 1 aliphatic heterocycles. The normalized spacial score (nSPS) is 18.8. The van der Waals surface area contributed by atoms with E-state index in [1.807, 2.05) is 0 Å². The van der Waals surface area contributed by atoms with E-state index in [2.05, 4.69) is 15.2 Å². The maximum Gasteiger partial charge on any atom is 0.257 e. The van der Waals surface area contributed by atoms with Crippen molar-refractivity contribution in [3.8, 4) is 0 Å². The Morgan fingerprint density at radius 3 is 3.00 bits per heavy atom. The third-order valence-corrected chi connectivity index (χ3v) is 3.91. The highest BCUT2D eigenvalue weighted by atomic mass is 35.5. The van der Waals surface area contributed by atoms with E-state index in [0.717, 1.165) is 25.3 Å². The van der Waals surface area contributed by atoms with Gasteiger partial charge in [-0.2, -0.15) is 5.10 Å². The van der Waals surface area contributed by atoms with E-state index in [0.29, 0.717) is 12.4 Å². The fraction of sp³-hybridized carbons (Fsp3) is 0.357. The van der Waals surface area contributed by atoms with Crippen LogP contribution in [-0.2, 0) is 0 Å². The minimum atomic E-state index is -0.602. The van der Waals surface area contributed by atoms with E-state index in [-0.39, 0.29) is 22.5 Å². The smallest absolute Gasteiger partial charge is 0.257 e. The first-order valence-corrected chi connectivity index (χ1v) is 7.16. The van der Waals surface area contributed by atoms with Gasteiger partial charge in [0.05, 0.1) is 11.6 Å². The van der Waals surface area contributed by atoms with Crippen molar-refractivity contribution in [2.45, 2.75) is 25.3 Å². The average Bonchev–Trinajstić information content (AvgIpc) is 3.01. The summed E-state index contributed by atoms with van der Waals surface area (Å²) in [4.78, 5) is 18.4. The molecule has 1 aromatic carbocycles. The lowest BCUT2D eigenvalue weighted by molar-refractivity contribution is 0.0595. The minimum Gasteiger partial charge on any atom is -0.328 e. The predicted octanol–water partition coefficient (Wildman–Crippen LogP) is 2.96. The number of benzene rings is 1. The molecule has 0 bridgehead atoms. The molecule has 0 spiro atoms. The van der Waals surface area contributed by atoms with Crippen LogP contribution in [0.1, 0.15) is 41.5 Å². The molecule has 110 valence electrons. The lowest BCUT2D eigenvalue weighted by atomic mass is 10.00. The van der Waals surface area contributed by atoms with Crippen LogP contribution in [0.25, 0.3) is 0 Å². The van der Waals surface area contributed by atoms with Crippen molar-refractivity contribution in [3.63, 3.8) is 0 Å². The number of nitrogens with one attached hydrogen (secondary N) is 1. The Morgan fingerprint density at radius 2 is 2.29 bits per heavy atom. The summed E-state index contributed by atoms with van der Waals surface area (Å²) in [6.07, 6.45) is 4.09. The van der Waals surface area contributed by atoms with Crippen molar-refractivity contribution >= 4 is 17.5 Å². The van der Waals surface area contributed by atoms with Crippen LogP contribution < -0.4 is 0 Å². The monoisotopic (exact) mass is 308 g/mol. The number of rotatable bonds is 2. The zero-order chi connectivity index (χ0) is 14.8. The first-order valence-electron chi connectivity index (χ1n) is 6.78. The number of aromatic nitrogens is 3. The van der Waals surface area contributed by atoms with Gasteiger partial charge in [-0.25, -0.2) is 9.37 Å². The summed E-state index contributed by atoms with van der Waals surface area (Å²) in [6.45, 7) is 0.576. The Balaban J connectivity index is 1.91. The molecule has 7 heteroatoms. The Kier molecular flexibility index (Phi) is 3.88. The van der Waals surface area contributed by atoms with Gasteiger partial charge in [-0.1, -0.05) is 11.6 Å². The average molecular weight is 309 g/mol. The number of likely N-dealkylation sites (tertiary alicyclic amines) is 1. The Morgan fingerprint density at radius 1 is 1.43 bits per heavy atom. The van der Waals surface area contributed by atoms with Crippen LogP contribution in [0.2, 0.25) is 5.02 Å². The first kappa shape index (κ1) is 14.0. The van der Waals surface area contributed by atoms with Crippen LogP contribution in [-0.4, -0.2) is 32.5 Å². The summed E-state index contributed by atoms with van der Waals surface area (Å²) in [5.74, 6) is -0.308. The third kappa shape index (κ3) is 2.76. The van der Waals surface area contributed by atoms with E-state index in [9.17, 15) is 9.18 Å². The molecular formula is C14H14ClFN4O. The standard InChI is InChI=1S/C14H14ClFN4O/c15-9-4-5-10(11(16)7-9)14(21)20-6-2-1-3-12(20)13-17-8-18-19-13/h4-5,7-8,12H,1-3,6H2,(H,17,18,19)/t12-/m0/s1. The lowest BCUT2D eigenvalue weighted by Gasteiger charge is -2.34. The fourth-order valence-electron chi connectivity index (χ4n) is 2.65.